The van der Waals surface area contributed by atoms with E-state index in [2.05, 4.69) is 19.9 Å². The quantitative estimate of drug-likeness (QED) is 0.716. The van der Waals surface area contributed by atoms with E-state index in [1.165, 1.54) is 12.8 Å². The van der Waals surface area contributed by atoms with Crippen LogP contribution in [-0.4, -0.2) is 14.6 Å². The van der Waals surface area contributed by atoms with E-state index < -0.39 is 11.6 Å². The van der Waals surface area contributed by atoms with Crippen molar-refractivity contribution in [3.8, 4) is 6.07 Å². The van der Waals surface area contributed by atoms with Crippen LogP contribution in [-0.2, 0) is 21.2 Å². The molecule has 0 unspecified atom stereocenters. The van der Waals surface area contributed by atoms with Crippen molar-refractivity contribution in [2.75, 3.05) is 0 Å². The molecule has 5 nitrogen and oxygen atoms in total. The summed E-state index contributed by atoms with van der Waals surface area (Å²) in [6, 6.07) is 2.49. The van der Waals surface area contributed by atoms with E-state index in [9.17, 15) is 0 Å². The Morgan fingerprint density at radius 2 is 1.65 bits per heavy atom. The third-order valence-electron chi connectivity index (χ3n) is 3.15. The summed E-state index contributed by atoms with van der Waals surface area (Å²) in [7, 11) is 0. The standard InChI is InChI=1S/C10H17N.CO2.O2S/c1-3-10(8-11)6-4-9(2)5-7-10;2-1-3;1-3-2/h9H,3-7H2,1-2H3;;. The lowest BCUT2D eigenvalue weighted by Crippen LogP contribution is -2.24. The largest absolute Gasteiger partial charge is 0.373 e. The Labute approximate surface area is 105 Å². The number of carbonyl (C=O) groups excluding carboxylic acids is 2. The molecule has 1 aliphatic carbocycles. The van der Waals surface area contributed by atoms with Crippen LogP contribution in [0.1, 0.15) is 46.0 Å². The van der Waals surface area contributed by atoms with Crippen LogP contribution in [0.25, 0.3) is 0 Å². The van der Waals surface area contributed by atoms with Gasteiger partial charge in [0.1, 0.15) is 0 Å². The van der Waals surface area contributed by atoms with Gasteiger partial charge in [-0.1, -0.05) is 13.8 Å². The molecule has 96 valence electrons. The van der Waals surface area contributed by atoms with Crippen molar-refractivity contribution in [3.05, 3.63) is 0 Å². The average Bonchev–Trinajstić information content (AvgIpc) is 2.33. The summed E-state index contributed by atoms with van der Waals surface area (Å²) in [6.45, 7) is 4.43. The highest BCUT2D eigenvalue weighted by Crippen LogP contribution is 2.40. The lowest BCUT2D eigenvalue weighted by molar-refractivity contribution is -0.191. The SMILES string of the molecule is CCC1(C#N)CCC(C)CC1.O=C=O.O=S=O. The fraction of sp³-hybridized carbons (Fsp3) is 0.818. The van der Waals surface area contributed by atoms with Crippen molar-refractivity contribution in [1.82, 2.24) is 0 Å². The molecule has 0 aromatic rings. The molecule has 6 heteroatoms. The molecule has 1 fully saturated rings. The van der Waals surface area contributed by atoms with Gasteiger partial charge >= 0.3 is 17.7 Å². The summed E-state index contributed by atoms with van der Waals surface area (Å²) in [5, 5.41) is 8.98. The first-order chi connectivity index (χ1) is 8.05. The topological polar surface area (TPSA) is 92.1 Å². The van der Waals surface area contributed by atoms with Crippen LogP contribution in [0.15, 0.2) is 0 Å². The maximum absolute atomic E-state index is 8.98. The molecule has 0 radical (unpaired) electrons. The Morgan fingerprint density at radius 1 is 1.29 bits per heavy atom. The summed E-state index contributed by atoms with van der Waals surface area (Å²) in [4.78, 5) is 16.2. The van der Waals surface area contributed by atoms with Gasteiger partial charge in [-0.25, -0.2) is 0 Å². The van der Waals surface area contributed by atoms with Gasteiger partial charge in [-0.05, 0) is 38.0 Å². The third kappa shape index (κ3) is 8.49. The van der Waals surface area contributed by atoms with E-state index in [4.69, 9.17) is 23.3 Å². The van der Waals surface area contributed by atoms with Crippen molar-refractivity contribution >= 4 is 17.7 Å². The van der Waals surface area contributed by atoms with Crippen LogP contribution >= 0.6 is 0 Å². The Balaban J connectivity index is 0. The van der Waals surface area contributed by atoms with Gasteiger partial charge in [-0.2, -0.15) is 23.3 Å². The van der Waals surface area contributed by atoms with E-state index >= 15 is 0 Å². The zero-order valence-electron chi connectivity index (χ0n) is 10.1. The third-order valence-corrected chi connectivity index (χ3v) is 3.15. The highest BCUT2D eigenvalue weighted by molar-refractivity contribution is 7.51. The maximum atomic E-state index is 8.98. The molecule has 0 atom stereocenters. The minimum Gasteiger partial charge on any atom is -0.198 e. The Morgan fingerprint density at radius 3 is 1.88 bits per heavy atom. The molecule has 1 rings (SSSR count). The number of hydrogen-bond acceptors (Lipinski definition) is 5. The molecular formula is C11H17NO4S. The van der Waals surface area contributed by atoms with E-state index in [0.717, 1.165) is 25.2 Å². The smallest absolute Gasteiger partial charge is 0.198 e. The number of nitrogens with zero attached hydrogens (tertiary/aromatic N) is 1. The summed E-state index contributed by atoms with van der Waals surface area (Å²) in [5.74, 6) is 0.850. The Bertz CT molecular complexity index is 292. The first kappa shape index (κ1) is 18.1. The molecule has 0 amide bonds. The van der Waals surface area contributed by atoms with Gasteiger partial charge in [0.15, 0.2) is 0 Å². The summed E-state index contributed by atoms with van der Waals surface area (Å²) in [5.41, 5.74) is 0.0481. The predicted molar refractivity (Wildman–Crippen MR) is 59.9 cm³/mol. The molecule has 0 spiro atoms. The fourth-order valence-corrected chi connectivity index (χ4v) is 1.86. The summed E-state index contributed by atoms with van der Waals surface area (Å²) in [6.07, 6.45) is 6.04. The molecule has 0 heterocycles. The van der Waals surface area contributed by atoms with Crippen molar-refractivity contribution in [2.24, 2.45) is 11.3 Å². The number of rotatable bonds is 1. The molecule has 0 aromatic heterocycles. The lowest BCUT2D eigenvalue weighted by atomic mass is 9.70. The monoisotopic (exact) mass is 259 g/mol. The van der Waals surface area contributed by atoms with Crippen LogP contribution in [0.4, 0.5) is 0 Å². The van der Waals surface area contributed by atoms with Crippen LogP contribution in [0.3, 0.4) is 0 Å². The van der Waals surface area contributed by atoms with Gasteiger partial charge < -0.3 is 0 Å². The first-order valence-electron chi connectivity index (χ1n) is 5.38. The van der Waals surface area contributed by atoms with E-state index in [1.807, 2.05) is 0 Å². The minimum atomic E-state index is -0.750. The van der Waals surface area contributed by atoms with Crippen molar-refractivity contribution < 1.29 is 18.0 Å². The van der Waals surface area contributed by atoms with E-state index in [0.29, 0.717) is 0 Å². The predicted octanol–water partition coefficient (Wildman–Crippen LogP) is 1.86. The van der Waals surface area contributed by atoms with Crippen LogP contribution < -0.4 is 0 Å². The zero-order chi connectivity index (χ0) is 13.7. The van der Waals surface area contributed by atoms with Gasteiger partial charge in [0.2, 0.25) is 0 Å². The summed E-state index contributed by atoms with van der Waals surface area (Å²) >= 11 is -0.750. The van der Waals surface area contributed by atoms with Gasteiger partial charge in [0.25, 0.3) is 0 Å². The van der Waals surface area contributed by atoms with Crippen molar-refractivity contribution in [1.29, 1.82) is 5.26 Å². The normalized spacial score (nSPS) is 25.8. The van der Waals surface area contributed by atoms with Crippen LogP contribution in [0.2, 0.25) is 0 Å². The molecule has 1 saturated carbocycles. The first-order valence-corrected chi connectivity index (χ1v) is 6.04. The fourth-order valence-electron chi connectivity index (χ4n) is 1.86. The Hall–Kier alpha value is -1.31. The lowest BCUT2D eigenvalue weighted by Gasteiger charge is -2.32. The molecule has 0 bridgehead atoms. The van der Waals surface area contributed by atoms with E-state index in [1.54, 1.807) is 0 Å². The Kier molecular flexibility index (Phi) is 11.9. The number of nitriles is 1. The van der Waals surface area contributed by atoms with Crippen LogP contribution in [0.5, 0.6) is 0 Å². The second-order valence-corrected chi connectivity index (χ2v) is 4.22. The zero-order valence-corrected chi connectivity index (χ0v) is 10.9. The molecule has 17 heavy (non-hydrogen) atoms. The second-order valence-electron chi connectivity index (χ2n) is 4.08. The average molecular weight is 259 g/mol. The molecular weight excluding hydrogens is 242 g/mol. The molecule has 0 saturated heterocycles. The minimum absolute atomic E-state index is 0.0481. The van der Waals surface area contributed by atoms with Gasteiger partial charge in [-0.15, -0.1) is 0 Å². The molecule has 0 aromatic carbocycles. The van der Waals surface area contributed by atoms with Gasteiger partial charge in [0.05, 0.1) is 11.5 Å². The van der Waals surface area contributed by atoms with Gasteiger partial charge in [0, 0.05) is 0 Å². The molecule has 0 N–H and O–H groups in total. The van der Waals surface area contributed by atoms with Gasteiger partial charge in [-0.3, -0.25) is 0 Å². The van der Waals surface area contributed by atoms with E-state index in [-0.39, 0.29) is 11.6 Å². The number of hydrogen-bond donors (Lipinski definition) is 0. The highest BCUT2D eigenvalue weighted by Gasteiger charge is 2.32. The molecule has 1 aliphatic rings. The molecule has 0 aliphatic heterocycles. The summed E-state index contributed by atoms with van der Waals surface area (Å²) < 4.78 is 16.6. The maximum Gasteiger partial charge on any atom is 0.373 e. The highest BCUT2D eigenvalue weighted by atomic mass is 32.1. The van der Waals surface area contributed by atoms with Crippen LogP contribution in [0, 0.1) is 22.7 Å². The van der Waals surface area contributed by atoms with Crippen molar-refractivity contribution in [2.45, 2.75) is 46.0 Å². The van der Waals surface area contributed by atoms with Crippen molar-refractivity contribution in [3.63, 3.8) is 0 Å². The second kappa shape index (κ2) is 11.2.